The van der Waals surface area contributed by atoms with Gasteiger partial charge in [-0.1, -0.05) is 30.3 Å². The van der Waals surface area contributed by atoms with Crippen molar-refractivity contribution in [3.63, 3.8) is 0 Å². The van der Waals surface area contributed by atoms with Gasteiger partial charge in [0.05, 0.1) is 12.7 Å². The summed E-state index contributed by atoms with van der Waals surface area (Å²) >= 11 is 0. The van der Waals surface area contributed by atoms with Crippen LogP contribution in [0.5, 0.6) is 11.5 Å². The molecular formula is C19H25NO3. The zero-order valence-electron chi connectivity index (χ0n) is 13.7. The van der Waals surface area contributed by atoms with Crippen LogP contribution in [-0.4, -0.2) is 29.0 Å². The molecule has 4 nitrogen and oxygen atoms in total. The van der Waals surface area contributed by atoms with Gasteiger partial charge in [-0.3, -0.25) is 0 Å². The van der Waals surface area contributed by atoms with Crippen LogP contribution in [0.1, 0.15) is 25.0 Å². The molecule has 3 N–H and O–H groups in total. The van der Waals surface area contributed by atoms with E-state index < -0.39 is 6.10 Å². The Balaban J connectivity index is 1.90. The number of hydrogen-bond donors (Lipinski definition) is 3. The van der Waals surface area contributed by atoms with Gasteiger partial charge >= 0.3 is 0 Å². The predicted molar refractivity (Wildman–Crippen MR) is 91.7 cm³/mol. The van der Waals surface area contributed by atoms with E-state index in [-0.39, 0.29) is 11.8 Å². The van der Waals surface area contributed by atoms with Gasteiger partial charge in [-0.25, -0.2) is 0 Å². The van der Waals surface area contributed by atoms with Crippen LogP contribution in [0.4, 0.5) is 0 Å². The molecule has 0 fully saturated rings. The lowest BCUT2D eigenvalue weighted by Gasteiger charge is -2.21. The Labute approximate surface area is 137 Å². The average Bonchev–Trinajstić information content (AvgIpc) is 2.56. The van der Waals surface area contributed by atoms with Gasteiger partial charge in [-0.15, -0.1) is 0 Å². The van der Waals surface area contributed by atoms with Crippen molar-refractivity contribution in [2.24, 2.45) is 0 Å². The Hall–Kier alpha value is -2.04. The number of nitrogens with one attached hydrogen (secondary N) is 1. The van der Waals surface area contributed by atoms with E-state index in [9.17, 15) is 10.2 Å². The minimum absolute atomic E-state index is 0.0923. The van der Waals surface area contributed by atoms with Crippen molar-refractivity contribution in [3.8, 4) is 11.5 Å². The summed E-state index contributed by atoms with van der Waals surface area (Å²) in [5, 5.41) is 23.5. The number of rotatable bonds is 8. The number of phenolic OH excluding ortho intramolecular Hbond substituents is 1. The second kappa shape index (κ2) is 8.56. The Bertz CT molecular complexity index is 601. The lowest BCUT2D eigenvalue weighted by Crippen LogP contribution is -2.38. The van der Waals surface area contributed by atoms with Gasteiger partial charge in [0.15, 0.2) is 0 Å². The Morgan fingerprint density at radius 3 is 2.57 bits per heavy atom. The second-order valence-corrected chi connectivity index (χ2v) is 5.65. The predicted octanol–water partition coefficient (Wildman–Crippen LogP) is 2.87. The Kier molecular flexibility index (Phi) is 6.44. The fourth-order valence-electron chi connectivity index (χ4n) is 2.40. The minimum atomic E-state index is -0.491. The molecule has 2 aromatic carbocycles. The molecule has 0 heterocycles. The number of phenols is 1. The largest absolute Gasteiger partial charge is 0.508 e. The van der Waals surface area contributed by atoms with Gasteiger partial charge in [0.2, 0.25) is 0 Å². The van der Waals surface area contributed by atoms with Gasteiger partial charge in [0.1, 0.15) is 11.5 Å². The molecule has 2 aromatic rings. The number of aliphatic hydroxyl groups is 1. The summed E-state index contributed by atoms with van der Waals surface area (Å²) in [6, 6.07) is 15.0. The van der Waals surface area contributed by atoms with E-state index in [0.29, 0.717) is 19.6 Å². The molecule has 124 valence electrons. The number of benzene rings is 2. The normalized spacial score (nSPS) is 13.5. The van der Waals surface area contributed by atoms with Crippen molar-refractivity contribution >= 4 is 0 Å². The van der Waals surface area contributed by atoms with Crippen LogP contribution in [-0.2, 0) is 13.0 Å². The van der Waals surface area contributed by atoms with Gasteiger partial charge in [0, 0.05) is 18.2 Å². The summed E-state index contributed by atoms with van der Waals surface area (Å²) in [5.41, 5.74) is 1.87. The fraction of sp³-hybridized carbons (Fsp3) is 0.368. The molecule has 0 spiro atoms. The van der Waals surface area contributed by atoms with Crippen molar-refractivity contribution in [1.82, 2.24) is 5.32 Å². The molecule has 23 heavy (non-hydrogen) atoms. The lowest BCUT2D eigenvalue weighted by molar-refractivity contribution is 0.133. The summed E-state index contributed by atoms with van der Waals surface area (Å²) in [5.74, 6) is 0.963. The summed E-state index contributed by atoms with van der Waals surface area (Å²) in [6.07, 6.45) is 0.106. The van der Waals surface area contributed by atoms with Gasteiger partial charge in [0.25, 0.3) is 0 Å². The molecule has 0 saturated carbocycles. The highest BCUT2D eigenvalue weighted by molar-refractivity contribution is 5.39. The molecule has 0 aliphatic carbocycles. The van der Waals surface area contributed by atoms with Gasteiger partial charge in [-0.05, 0) is 44.0 Å². The van der Waals surface area contributed by atoms with Gasteiger partial charge in [-0.2, -0.15) is 0 Å². The van der Waals surface area contributed by atoms with Crippen molar-refractivity contribution in [2.45, 2.75) is 39.0 Å². The topological polar surface area (TPSA) is 61.7 Å². The first-order valence-electron chi connectivity index (χ1n) is 8.00. The fourth-order valence-corrected chi connectivity index (χ4v) is 2.40. The third-order valence-corrected chi connectivity index (χ3v) is 3.84. The molecule has 2 atom stereocenters. The van der Waals surface area contributed by atoms with E-state index in [1.165, 1.54) is 0 Å². The van der Waals surface area contributed by atoms with E-state index in [1.807, 2.05) is 50.2 Å². The second-order valence-electron chi connectivity index (χ2n) is 5.65. The van der Waals surface area contributed by atoms with Crippen LogP contribution in [0.25, 0.3) is 0 Å². The monoisotopic (exact) mass is 315 g/mol. The van der Waals surface area contributed by atoms with Crippen LogP contribution >= 0.6 is 0 Å². The number of ether oxygens (including phenoxy) is 1. The maximum atomic E-state index is 10.3. The zero-order chi connectivity index (χ0) is 16.7. The standard InChI is InChI=1S/C19H25NO3/c1-3-23-17-9-10-18(21)16(12-17)13-20-14(2)19(22)11-15-7-5-4-6-8-15/h4-10,12,14,19-22H,3,11,13H2,1-2H3. The smallest absolute Gasteiger partial charge is 0.120 e. The molecule has 0 radical (unpaired) electrons. The molecule has 2 unspecified atom stereocenters. The first kappa shape index (κ1) is 17.3. The maximum Gasteiger partial charge on any atom is 0.120 e. The molecular weight excluding hydrogens is 290 g/mol. The van der Waals surface area contributed by atoms with Crippen LogP contribution in [0, 0.1) is 0 Å². The third kappa shape index (κ3) is 5.27. The molecule has 0 aromatic heterocycles. The highest BCUT2D eigenvalue weighted by atomic mass is 16.5. The van der Waals surface area contributed by atoms with E-state index in [0.717, 1.165) is 16.9 Å². The molecule has 0 amide bonds. The first-order chi connectivity index (χ1) is 11.1. The van der Waals surface area contributed by atoms with Crippen LogP contribution in [0.15, 0.2) is 48.5 Å². The third-order valence-electron chi connectivity index (χ3n) is 3.84. The number of aliphatic hydroxyl groups excluding tert-OH is 1. The van der Waals surface area contributed by atoms with Crippen molar-refractivity contribution in [1.29, 1.82) is 0 Å². The Morgan fingerprint density at radius 2 is 1.87 bits per heavy atom. The van der Waals surface area contributed by atoms with Crippen LogP contribution in [0.2, 0.25) is 0 Å². The summed E-state index contributed by atoms with van der Waals surface area (Å²) < 4.78 is 5.45. The van der Waals surface area contributed by atoms with Crippen LogP contribution < -0.4 is 10.1 Å². The molecule has 4 heteroatoms. The van der Waals surface area contributed by atoms with E-state index >= 15 is 0 Å². The maximum absolute atomic E-state index is 10.3. The van der Waals surface area contributed by atoms with Gasteiger partial charge < -0.3 is 20.3 Å². The molecule has 0 bridgehead atoms. The van der Waals surface area contributed by atoms with E-state index in [1.54, 1.807) is 12.1 Å². The highest BCUT2D eigenvalue weighted by Crippen LogP contribution is 2.23. The zero-order valence-corrected chi connectivity index (χ0v) is 13.7. The molecule has 0 aliphatic heterocycles. The van der Waals surface area contributed by atoms with E-state index in [2.05, 4.69) is 5.32 Å². The number of hydrogen-bond acceptors (Lipinski definition) is 4. The number of aromatic hydroxyl groups is 1. The highest BCUT2D eigenvalue weighted by Gasteiger charge is 2.15. The molecule has 0 aliphatic rings. The SMILES string of the molecule is CCOc1ccc(O)c(CNC(C)C(O)Cc2ccccc2)c1. The average molecular weight is 315 g/mol. The Morgan fingerprint density at radius 1 is 1.13 bits per heavy atom. The summed E-state index contributed by atoms with van der Waals surface area (Å²) in [6.45, 7) is 4.92. The molecule has 2 rings (SSSR count). The summed E-state index contributed by atoms with van der Waals surface area (Å²) in [4.78, 5) is 0. The minimum Gasteiger partial charge on any atom is -0.508 e. The summed E-state index contributed by atoms with van der Waals surface area (Å²) in [7, 11) is 0. The molecule has 0 saturated heterocycles. The van der Waals surface area contributed by atoms with E-state index in [4.69, 9.17) is 4.74 Å². The van der Waals surface area contributed by atoms with Crippen molar-refractivity contribution < 1.29 is 14.9 Å². The first-order valence-corrected chi connectivity index (χ1v) is 8.00. The van der Waals surface area contributed by atoms with Crippen molar-refractivity contribution in [2.75, 3.05) is 6.61 Å². The lowest BCUT2D eigenvalue weighted by atomic mass is 10.0. The van der Waals surface area contributed by atoms with Crippen molar-refractivity contribution in [3.05, 3.63) is 59.7 Å². The van der Waals surface area contributed by atoms with Crippen LogP contribution in [0.3, 0.4) is 0 Å². The quantitative estimate of drug-likeness (QED) is 0.701.